The van der Waals surface area contributed by atoms with Gasteiger partial charge in [-0.3, -0.25) is 14.6 Å². The lowest BCUT2D eigenvalue weighted by Gasteiger charge is -2.12. The summed E-state index contributed by atoms with van der Waals surface area (Å²) in [5.41, 5.74) is 4.80. The molecule has 19 heavy (non-hydrogen) atoms. The molecular formula is C9H10FN3O5S. The van der Waals surface area contributed by atoms with Crippen molar-refractivity contribution in [3.63, 3.8) is 0 Å². The number of hydrogen-bond acceptors (Lipinski definition) is 5. The highest BCUT2D eigenvalue weighted by Crippen LogP contribution is 2.10. The maximum atomic E-state index is 12.9. The number of nitrogens with two attached hydrogens (primary N) is 1. The fourth-order valence-electron chi connectivity index (χ4n) is 1.18. The number of carboxylic acids is 1. The number of nitrogens with zero attached hydrogens (tertiary/aromatic N) is 1. The molecule has 0 aromatic carbocycles. The van der Waals surface area contributed by atoms with Gasteiger partial charge in [-0.05, 0) is 6.07 Å². The summed E-state index contributed by atoms with van der Waals surface area (Å²) >= 11 is 0. The third-order valence-electron chi connectivity index (χ3n) is 1.99. The minimum Gasteiger partial charge on any atom is -0.480 e. The first-order valence-corrected chi connectivity index (χ1v) is 6.34. The number of halogens is 1. The predicted molar refractivity (Wildman–Crippen MR) is 59.8 cm³/mol. The Morgan fingerprint density at radius 2 is 2.11 bits per heavy atom. The lowest BCUT2D eigenvalue weighted by molar-refractivity contribution is -0.140. The average Bonchev–Trinajstić information content (AvgIpc) is 2.27. The van der Waals surface area contributed by atoms with Gasteiger partial charge in [0.05, 0.1) is 12.6 Å². The summed E-state index contributed by atoms with van der Waals surface area (Å²) in [6, 6.07) is -1.07. The zero-order valence-electron chi connectivity index (χ0n) is 9.41. The molecule has 1 heterocycles. The third-order valence-corrected chi connectivity index (χ3v) is 3.43. The number of aliphatic carboxylic acids is 1. The molecule has 0 bridgehead atoms. The van der Waals surface area contributed by atoms with E-state index in [0.29, 0.717) is 6.07 Å². The van der Waals surface area contributed by atoms with Gasteiger partial charge in [0.1, 0.15) is 16.8 Å². The van der Waals surface area contributed by atoms with Crippen LogP contribution >= 0.6 is 0 Å². The number of hydrogen-bond donors (Lipinski definition) is 3. The van der Waals surface area contributed by atoms with Gasteiger partial charge in [0.2, 0.25) is 15.9 Å². The lowest BCUT2D eigenvalue weighted by Crippen LogP contribution is -2.43. The van der Waals surface area contributed by atoms with Gasteiger partial charge in [-0.1, -0.05) is 0 Å². The molecule has 1 atom stereocenters. The monoisotopic (exact) mass is 291 g/mol. The van der Waals surface area contributed by atoms with Crippen LogP contribution in [-0.2, 0) is 19.6 Å². The number of carbonyl (C=O) groups excluding carboxylic acids is 1. The largest absolute Gasteiger partial charge is 0.480 e. The molecular weight excluding hydrogens is 281 g/mol. The smallest absolute Gasteiger partial charge is 0.322 e. The Morgan fingerprint density at radius 1 is 1.47 bits per heavy atom. The van der Waals surface area contributed by atoms with Crippen LogP contribution in [0.2, 0.25) is 0 Å². The number of carbonyl (C=O) groups is 2. The average molecular weight is 291 g/mol. The fourth-order valence-corrected chi connectivity index (χ4v) is 2.34. The van der Waals surface area contributed by atoms with Crippen molar-refractivity contribution in [2.75, 3.05) is 0 Å². The number of primary amides is 1. The van der Waals surface area contributed by atoms with Crippen LogP contribution in [-0.4, -0.2) is 36.4 Å². The number of nitrogens with one attached hydrogen (secondary N) is 1. The molecule has 0 saturated carbocycles. The molecule has 1 aromatic heterocycles. The van der Waals surface area contributed by atoms with Crippen LogP contribution < -0.4 is 10.5 Å². The Balaban J connectivity index is 3.00. The number of carboxylic acid groups (broad SMARTS) is 1. The van der Waals surface area contributed by atoms with Gasteiger partial charge >= 0.3 is 5.97 Å². The van der Waals surface area contributed by atoms with Gasteiger partial charge in [0.15, 0.2) is 0 Å². The van der Waals surface area contributed by atoms with Crippen molar-refractivity contribution in [3.8, 4) is 0 Å². The van der Waals surface area contributed by atoms with Crippen LogP contribution in [0.15, 0.2) is 23.4 Å². The van der Waals surface area contributed by atoms with Crippen molar-refractivity contribution < 1.29 is 27.5 Å². The molecule has 0 saturated heterocycles. The van der Waals surface area contributed by atoms with E-state index in [0.717, 1.165) is 12.4 Å². The summed E-state index contributed by atoms with van der Waals surface area (Å²) in [5.74, 6) is -3.47. The number of pyridine rings is 1. The van der Waals surface area contributed by atoms with Gasteiger partial charge in [0.25, 0.3) is 0 Å². The van der Waals surface area contributed by atoms with Gasteiger partial charge in [-0.2, -0.15) is 4.72 Å². The Kier molecular flexibility index (Phi) is 4.51. The Hall–Kier alpha value is -2.07. The Morgan fingerprint density at radius 3 is 2.58 bits per heavy atom. The summed E-state index contributed by atoms with van der Waals surface area (Å²) < 4.78 is 38.1. The van der Waals surface area contributed by atoms with E-state index in [-0.39, 0.29) is 0 Å². The van der Waals surface area contributed by atoms with Gasteiger partial charge in [-0.15, -0.1) is 0 Å². The molecule has 8 nitrogen and oxygen atoms in total. The van der Waals surface area contributed by atoms with Crippen LogP contribution in [0, 0.1) is 5.82 Å². The highest BCUT2D eigenvalue weighted by Gasteiger charge is 2.27. The van der Waals surface area contributed by atoms with Gasteiger partial charge < -0.3 is 10.8 Å². The molecule has 1 amide bonds. The van der Waals surface area contributed by atoms with Crippen LogP contribution in [0.25, 0.3) is 0 Å². The lowest BCUT2D eigenvalue weighted by atomic mass is 10.2. The second kappa shape index (κ2) is 5.71. The molecule has 1 aromatic rings. The first-order chi connectivity index (χ1) is 8.72. The Bertz CT molecular complexity index is 604. The van der Waals surface area contributed by atoms with Crippen molar-refractivity contribution >= 4 is 21.9 Å². The highest BCUT2D eigenvalue weighted by molar-refractivity contribution is 7.89. The number of aromatic nitrogens is 1. The van der Waals surface area contributed by atoms with E-state index in [1.165, 1.54) is 0 Å². The molecule has 0 spiro atoms. The number of sulfonamides is 1. The molecule has 0 radical (unpaired) electrons. The van der Waals surface area contributed by atoms with Crippen molar-refractivity contribution in [1.82, 2.24) is 9.71 Å². The van der Waals surface area contributed by atoms with Gasteiger partial charge in [-0.25, -0.2) is 12.8 Å². The maximum Gasteiger partial charge on any atom is 0.322 e. The topological polar surface area (TPSA) is 139 Å². The van der Waals surface area contributed by atoms with Crippen LogP contribution in [0.5, 0.6) is 0 Å². The zero-order valence-corrected chi connectivity index (χ0v) is 10.2. The van der Waals surface area contributed by atoms with Crippen LogP contribution in [0.4, 0.5) is 4.39 Å². The second-order valence-corrected chi connectivity index (χ2v) is 5.24. The molecule has 104 valence electrons. The summed E-state index contributed by atoms with van der Waals surface area (Å²) in [6.45, 7) is 0. The summed E-state index contributed by atoms with van der Waals surface area (Å²) in [7, 11) is -4.31. The van der Waals surface area contributed by atoms with E-state index in [1.54, 1.807) is 4.72 Å². The standard InChI is InChI=1S/C9H10FN3O5S/c10-5-1-6(4-12-3-5)19(17,18)13-7(9(15)16)2-8(11)14/h1,3-4,7,13H,2H2,(H2,11,14)(H,15,16). The van der Waals surface area contributed by atoms with E-state index in [1.807, 2.05) is 0 Å². The molecule has 0 aliphatic heterocycles. The molecule has 0 aliphatic carbocycles. The maximum absolute atomic E-state index is 12.9. The molecule has 4 N–H and O–H groups in total. The highest BCUT2D eigenvalue weighted by atomic mass is 32.2. The molecule has 10 heteroatoms. The van der Waals surface area contributed by atoms with Crippen LogP contribution in [0.1, 0.15) is 6.42 Å². The summed E-state index contributed by atoms with van der Waals surface area (Å²) in [4.78, 5) is 24.2. The number of rotatable bonds is 6. The fraction of sp³-hybridized carbons (Fsp3) is 0.222. The molecule has 0 aliphatic rings. The van der Waals surface area contributed by atoms with E-state index >= 15 is 0 Å². The quantitative estimate of drug-likeness (QED) is 0.603. The SMILES string of the molecule is NC(=O)CC(NS(=O)(=O)c1cncc(F)c1)C(=O)O. The van der Waals surface area contributed by atoms with Crippen molar-refractivity contribution in [1.29, 1.82) is 0 Å². The predicted octanol–water partition coefficient (Wildman–Crippen LogP) is -1.17. The summed E-state index contributed by atoms with van der Waals surface area (Å²) in [6.07, 6.45) is 0.906. The first-order valence-electron chi connectivity index (χ1n) is 4.86. The van der Waals surface area contributed by atoms with Crippen molar-refractivity contribution in [2.45, 2.75) is 17.4 Å². The second-order valence-electron chi connectivity index (χ2n) is 3.52. The minimum atomic E-state index is -4.31. The van der Waals surface area contributed by atoms with Crippen molar-refractivity contribution in [2.24, 2.45) is 5.73 Å². The third kappa shape index (κ3) is 4.26. The normalized spacial score (nSPS) is 12.9. The Labute approximate surface area is 107 Å². The van der Waals surface area contributed by atoms with E-state index in [2.05, 4.69) is 4.98 Å². The van der Waals surface area contributed by atoms with E-state index in [9.17, 15) is 22.4 Å². The number of amides is 1. The van der Waals surface area contributed by atoms with Gasteiger partial charge in [0, 0.05) is 6.20 Å². The minimum absolute atomic E-state index is 0.553. The first kappa shape index (κ1) is 15.0. The zero-order chi connectivity index (χ0) is 14.6. The molecule has 1 rings (SSSR count). The summed E-state index contributed by atoms with van der Waals surface area (Å²) in [5, 5.41) is 8.76. The molecule has 1 unspecified atom stereocenters. The van der Waals surface area contributed by atoms with Crippen molar-refractivity contribution in [3.05, 3.63) is 24.3 Å². The van der Waals surface area contributed by atoms with Crippen LogP contribution in [0.3, 0.4) is 0 Å². The van der Waals surface area contributed by atoms with E-state index in [4.69, 9.17) is 10.8 Å². The molecule has 0 fully saturated rings. The van der Waals surface area contributed by atoms with E-state index < -0.39 is 45.1 Å².